The van der Waals surface area contributed by atoms with Gasteiger partial charge in [-0.3, -0.25) is 4.68 Å². The summed E-state index contributed by atoms with van der Waals surface area (Å²) >= 11 is 0. The Morgan fingerprint density at radius 3 is 3.00 bits per heavy atom. The molecule has 0 bridgehead atoms. The van der Waals surface area contributed by atoms with Gasteiger partial charge in [0.2, 0.25) is 0 Å². The average Bonchev–Trinajstić information content (AvgIpc) is 2.49. The van der Waals surface area contributed by atoms with Gasteiger partial charge in [-0.15, -0.1) is 0 Å². The number of aromatic nitrogens is 2. The predicted octanol–water partition coefficient (Wildman–Crippen LogP) is 0.674. The largest absolute Gasteiger partial charge is 0.372 e. The molecular weight excluding hydrogens is 178 g/mol. The summed E-state index contributed by atoms with van der Waals surface area (Å²) < 4.78 is 7.47. The summed E-state index contributed by atoms with van der Waals surface area (Å²) in [4.78, 5) is 0. The van der Waals surface area contributed by atoms with Crippen molar-refractivity contribution in [3.8, 4) is 0 Å². The molecule has 0 aliphatic heterocycles. The predicted molar refractivity (Wildman–Crippen MR) is 53.6 cm³/mol. The Balaban J connectivity index is 1.69. The zero-order chi connectivity index (χ0) is 9.97. The molecule has 0 atom stereocenters. The fourth-order valence-electron chi connectivity index (χ4n) is 1.75. The molecular formula is C10H17N3O. The lowest BCUT2D eigenvalue weighted by atomic mass is 9.82. The van der Waals surface area contributed by atoms with Crippen molar-refractivity contribution in [3.63, 3.8) is 0 Å². The summed E-state index contributed by atoms with van der Waals surface area (Å²) in [5.74, 6) is 0.684. The number of rotatable bonds is 4. The van der Waals surface area contributed by atoms with Crippen molar-refractivity contribution in [2.24, 2.45) is 18.7 Å². The molecule has 1 aromatic heterocycles. The summed E-state index contributed by atoms with van der Waals surface area (Å²) in [6.07, 6.45) is 4.57. The van der Waals surface area contributed by atoms with Gasteiger partial charge >= 0.3 is 0 Å². The molecule has 2 rings (SSSR count). The lowest BCUT2D eigenvalue weighted by Gasteiger charge is -2.33. The Hall–Kier alpha value is -0.870. The van der Waals surface area contributed by atoms with Gasteiger partial charge in [-0.25, -0.2) is 0 Å². The molecule has 0 spiro atoms. The van der Waals surface area contributed by atoms with E-state index in [0.29, 0.717) is 18.6 Å². The number of aryl methyl sites for hydroxylation is 1. The van der Waals surface area contributed by atoms with Crippen LogP contribution in [0.5, 0.6) is 0 Å². The van der Waals surface area contributed by atoms with Crippen LogP contribution in [0.25, 0.3) is 0 Å². The molecule has 0 radical (unpaired) electrons. The van der Waals surface area contributed by atoms with Crippen LogP contribution in [-0.4, -0.2) is 22.4 Å². The van der Waals surface area contributed by atoms with E-state index < -0.39 is 0 Å². The van der Waals surface area contributed by atoms with E-state index in [0.717, 1.165) is 25.1 Å². The number of hydrogen-bond acceptors (Lipinski definition) is 3. The van der Waals surface area contributed by atoms with Crippen molar-refractivity contribution in [1.29, 1.82) is 0 Å². The Morgan fingerprint density at radius 1 is 1.64 bits per heavy atom. The van der Waals surface area contributed by atoms with Gasteiger partial charge in [0.05, 0.1) is 18.4 Å². The van der Waals surface area contributed by atoms with Crippen molar-refractivity contribution in [1.82, 2.24) is 9.78 Å². The number of ether oxygens (including phenoxy) is 1. The SMILES string of the molecule is Cn1ccc(COC2CC(CN)C2)n1. The lowest BCUT2D eigenvalue weighted by Crippen LogP contribution is -2.35. The summed E-state index contributed by atoms with van der Waals surface area (Å²) in [6, 6.07) is 1.99. The van der Waals surface area contributed by atoms with Crippen LogP contribution in [0.15, 0.2) is 12.3 Å². The third kappa shape index (κ3) is 2.13. The van der Waals surface area contributed by atoms with Crippen molar-refractivity contribution >= 4 is 0 Å². The first-order valence-electron chi connectivity index (χ1n) is 5.08. The van der Waals surface area contributed by atoms with Crippen LogP contribution in [0.3, 0.4) is 0 Å². The zero-order valence-electron chi connectivity index (χ0n) is 8.52. The molecule has 0 saturated heterocycles. The molecule has 0 amide bonds. The first kappa shape index (κ1) is 9.68. The highest BCUT2D eigenvalue weighted by Crippen LogP contribution is 2.29. The van der Waals surface area contributed by atoms with Crippen LogP contribution in [0.1, 0.15) is 18.5 Å². The molecule has 1 saturated carbocycles. The van der Waals surface area contributed by atoms with Crippen LogP contribution >= 0.6 is 0 Å². The fourth-order valence-corrected chi connectivity index (χ4v) is 1.75. The number of nitrogens with two attached hydrogens (primary N) is 1. The zero-order valence-corrected chi connectivity index (χ0v) is 8.52. The molecule has 1 fully saturated rings. The monoisotopic (exact) mass is 195 g/mol. The highest BCUT2D eigenvalue weighted by molar-refractivity contribution is 4.97. The molecule has 1 aromatic rings. The molecule has 0 unspecified atom stereocenters. The third-order valence-electron chi connectivity index (χ3n) is 2.76. The standard InChI is InChI=1S/C10H17N3O/c1-13-3-2-9(12-13)7-14-10-4-8(5-10)6-11/h2-3,8,10H,4-7,11H2,1H3. The molecule has 1 aliphatic carbocycles. The Bertz CT molecular complexity index is 291. The van der Waals surface area contributed by atoms with Gasteiger partial charge < -0.3 is 10.5 Å². The second-order valence-electron chi connectivity index (χ2n) is 3.99. The van der Waals surface area contributed by atoms with Crippen LogP contribution in [0, 0.1) is 5.92 Å². The smallest absolute Gasteiger partial charge is 0.0910 e. The highest BCUT2D eigenvalue weighted by atomic mass is 16.5. The number of nitrogens with zero attached hydrogens (tertiary/aromatic N) is 2. The molecule has 0 aromatic carbocycles. The molecule has 1 aliphatic rings. The van der Waals surface area contributed by atoms with E-state index in [1.165, 1.54) is 0 Å². The minimum absolute atomic E-state index is 0.408. The minimum Gasteiger partial charge on any atom is -0.372 e. The van der Waals surface area contributed by atoms with Crippen LogP contribution in [-0.2, 0) is 18.4 Å². The van der Waals surface area contributed by atoms with Crippen LogP contribution < -0.4 is 5.73 Å². The van der Waals surface area contributed by atoms with E-state index in [1.807, 2.05) is 19.3 Å². The summed E-state index contributed by atoms with van der Waals surface area (Å²) in [7, 11) is 1.91. The van der Waals surface area contributed by atoms with Crippen molar-refractivity contribution in [2.45, 2.75) is 25.6 Å². The van der Waals surface area contributed by atoms with Crippen LogP contribution in [0.2, 0.25) is 0 Å². The van der Waals surface area contributed by atoms with Gasteiger partial charge in [-0.2, -0.15) is 5.10 Å². The quantitative estimate of drug-likeness (QED) is 0.768. The van der Waals surface area contributed by atoms with Gasteiger partial charge in [-0.05, 0) is 31.4 Å². The first-order valence-corrected chi connectivity index (χ1v) is 5.08. The second kappa shape index (κ2) is 4.11. The second-order valence-corrected chi connectivity index (χ2v) is 3.99. The van der Waals surface area contributed by atoms with Gasteiger partial charge in [0.1, 0.15) is 0 Å². The third-order valence-corrected chi connectivity index (χ3v) is 2.76. The van der Waals surface area contributed by atoms with Crippen molar-refractivity contribution in [2.75, 3.05) is 6.54 Å². The van der Waals surface area contributed by atoms with E-state index in [2.05, 4.69) is 5.10 Å². The summed E-state index contributed by atoms with van der Waals surface area (Å²) in [5.41, 5.74) is 6.54. The highest BCUT2D eigenvalue weighted by Gasteiger charge is 2.28. The van der Waals surface area contributed by atoms with Crippen molar-refractivity contribution in [3.05, 3.63) is 18.0 Å². The molecule has 14 heavy (non-hydrogen) atoms. The van der Waals surface area contributed by atoms with E-state index in [-0.39, 0.29) is 0 Å². The number of hydrogen-bond donors (Lipinski definition) is 1. The maximum absolute atomic E-state index is 5.68. The average molecular weight is 195 g/mol. The maximum Gasteiger partial charge on any atom is 0.0910 e. The van der Waals surface area contributed by atoms with E-state index in [4.69, 9.17) is 10.5 Å². The van der Waals surface area contributed by atoms with E-state index >= 15 is 0 Å². The molecule has 4 nitrogen and oxygen atoms in total. The van der Waals surface area contributed by atoms with Gasteiger partial charge in [0.15, 0.2) is 0 Å². The lowest BCUT2D eigenvalue weighted by molar-refractivity contribution is -0.0388. The Morgan fingerprint density at radius 2 is 2.43 bits per heavy atom. The normalized spacial score (nSPS) is 26.1. The van der Waals surface area contributed by atoms with Crippen molar-refractivity contribution < 1.29 is 4.74 Å². The minimum atomic E-state index is 0.408. The fraction of sp³-hybridized carbons (Fsp3) is 0.700. The molecule has 1 heterocycles. The Labute approximate surface area is 84.0 Å². The van der Waals surface area contributed by atoms with Crippen LogP contribution in [0.4, 0.5) is 0 Å². The topological polar surface area (TPSA) is 53.1 Å². The van der Waals surface area contributed by atoms with Gasteiger partial charge in [0.25, 0.3) is 0 Å². The van der Waals surface area contributed by atoms with E-state index in [9.17, 15) is 0 Å². The van der Waals surface area contributed by atoms with Gasteiger partial charge in [-0.1, -0.05) is 0 Å². The molecule has 2 N–H and O–H groups in total. The summed E-state index contributed by atoms with van der Waals surface area (Å²) in [5, 5.41) is 4.25. The Kier molecular flexibility index (Phi) is 2.84. The molecule has 78 valence electrons. The maximum atomic E-state index is 5.68. The summed E-state index contributed by atoms with van der Waals surface area (Å²) in [6.45, 7) is 1.42. The first-order chi connectivity index (χ1) is 6.78. The van der Waals surface area contributed by atoms with E-state index in [1.54, 1.807) is 4.68 Å². The van der Waals surface area contributed by atoms with Gasteiger partial charge in [0, 0.05) is 13.2 Å². The molecule has 4 heteroatoms.